The molecule has 0 aliphatic carbocycles. The average molecular weight is 393 g/mol. The Balaban J connectivity index is 1.88. The van der Waals surface area contributed by atoms with Crippen LogP contribution in [-0.4, -0.2) is 44.0 Å². The number of amides is 2. The van der Waals surface area contributed by atoms with Crippen molar-refractivity contribution in [3.63, 3.8) is 0 Å². The summed E-state index contributed by atoms with van der Waals surface area (Å²) in [6.07, 6.45) is 0. The Hall–Kier alpha value is -2.60. The molecule has 0 saturated carbocycles. The summed E-state index contributed by atoms with van der Waals surface area (Å²) in [6.45, 7) is 0.00149. The van der Waals surface area contributed by atoms with Crippen molar-refractivity contribution in [2.75, 3.05) is 37.9 Å². The van der Waals surface area contributed by atoms with Crippen LogP contribution in [0.3, 0.4) is 0 Å². The minimum absolute atomic E-state index is 0.00135. The molecule has 7 nitrogen and oxygen atoms in total. The Morgan fingerprint density at radius 3 is 2.62 bits per heavy atom. The fourth-order valence-corrected chi connectivity index (χ4v) is 3.10. The zero-order chi connectivity index (χ0) is 19.1. The number of benzene rings is 1. The summed E-state index contributed by atoms with van der Waals surface area (Å²) in [6, 6.07) is 8.54. The topological polar surface area (TPSA) is 94.5 Å². The molecule has 2 rings (SSSR count). The predicted octanol–water partition coefficient (Wildman–Crippen LogP) is 2.79. The van der Waals surface area contributed by atoms with E-state index in [0.29, 0.717) is 27.0 Å². The van der Waals surface area contributed by atoms with Crippen molar-refractivity contribution in [2.24, 2.45) is 0 Å². The van der Waals surface area contributed by atoms with Gasteiger partial charge in [0.15, 0.2) is 0 Å². The molecule has 9 heteroatoms. The lowest BCUT2D eigenvalue weighted by Gasteiger charge is -2.16. The Labute approximate surface area is 160 Å². The van der Waals surface area contributed by atoms with Crippen LogP contribution in [0.5, 0.6) is 5.75 Å². The molecule has 2 aromatic rings. The second-order valence-electron chi connectivity index (χ2n) is 5.39. The van der Waals surface area contributed by atoms with Crippen LogP contribution < -0.4 is 15.4 Å². The normalized spacial score (nSPS) is 10.3. The maximum atomic E-state index is 12.2. The van der Waals surface area contributed by atoms with Crippen LogP contribution in [0.4, 0.5) is 10.7 Å². The molecule has 2 amide bonds. The van der Waals surface area contributed by atoms with Crippen molar-refractivity contribution in [3.05, 3.63) is 40.2 Å². The summed E-state index contributed by atoms with van der Waals surface area (Å²) < 4.78 is 5.18. The van der Waals surface area contributed by atoms with E-state index in [1.54, 1.807) is 41.6 Å². The molecule has 1 aromatic heterocycles. The van der Waals surface area contributed by atoms with E-state index in [9.17, 15) is 9.59 Å². The van der Waals surface area contributed by atoms with Gasteiger partial charge >= 0.3 is 0 Å². The van der Waals surface area contributed by atoms with E-state index < -0.39 is 0 Å². The van der Waals surface area contributed by atoms with Gasteiger partial charge in [0.1, 0.15) is 16.8 Å². The lowest BCUT2D eigenvalue weighted by atomic mass is 10.3. The van der Waals surface area contributed by atoms with E-state index >= 15 is 0 Å². The molecule has 136 valence electrons. The number of carbonyl (C=O) groups is 2. The highest BCUT2D eigenvalue weighted by Gasteiger charge is 2.14. The van der Waals surface area contributed by atoms with Gasteiger partial charge in [-0.2, -0.15) is 5.26 Å². The first kappa shape index (κ1) is 19.7. The smallest absolute Gasteiger partial charge is 0.239 e. The number of carbonyl (C=O) groups excluding carboxylic acids is 2. The quantitative estimate of drug-likeness (QED) is 0.755. The van der Waals surface area contributed by atoms with E-state index in [1.807, 2.05) is 6.07 Å². The molecular formula is C17H17ClN4O3S. The SMILES string of the molecule is COc1ccc(Cl)cc1NC(=O)CN(C)CC(=O)Nc1sccc1C#N. The number of methoxy groups -OCH3 is 1. The Bertz CT molecular complexity index is 847. The Morgan fingerprint density at radius 1 is 1.27 bits per heavy atom. The molecule has 0 fully saturated rings. The van der Waals surface area contributed by atoms with Gasteiger partial charge in [0.25, 0.3) is 0 Å². The molecule has 0 saturated heterocycles. The first-order valence-electron chi connectivity index (χ1n) is 7.52. The van der Waals surface area contributed by atoms with Crippen molar-refractivity contribution in [2.45, 2.75) is 0 Å². The van der Waals surface area contributed by atoms with Crippen molar-refractivity contribution in [1.29, 1.82) is 5.26 Å². The molecule has 2 N–H and O–H groups in total. The lowest BCUT2D eigenvalue weighted by Crippen LogP contribution is -2.36. The number of hydrogen-bond acceptors (Lipinski definition) is 6. The number of rotatable bonds is 7. The van der Waals surface area contributed by atoms with E-state index in [1.165, 1.54) is 18.4 Å². The molecule has 0 unspecified atom stereocenters. The summed E-state index contributed by atoms with van der Waals surface area (Å²) in [4.78, 5) is 25.8. The number of nitrogens with one attached hydrogen (secondary N) is 2. The Kier molecular flexibility index (Phi) is 6.97. The zero-order valence-corrected chi connectivity index (χ0v) is 15.8. The van der Waals surface area contributed by atoms with Gasteiger partial charge in [-0.15, -0.1) is 11.3 Å². The number of nitriles is 1. The van der Waals surface area contributed by atoms with Crippen LogP contribution in [0.1, 0.15) is 5.56 Å². The van der Waals surface area contributed by atoms with Crippen LogP contribution in [0, 0.1) is 11.3 Å². The minimum atomic E-state index is -0.310. The highest BCUT2D eigenvalue weighted by atomic mass is 35.5. The molecule has 1 heterocycles. The minimum Gasteiger partial charge on any atom is -0.495 e. The second-order valence-corrected chi connectivity index (χ2v) is 6.74. The molecular weight excluding hydrogens is 376 g/mol. The van der Waals surface area contributed by atoms with Crippen molar-refractivity contribution in [1.82, 2.24) is 4.90 Å². The maximum Gasteiger partial charge on any atom is 0.239 e. The van der Waals surface area contributed by atoms with E-state index in [-0.39, 0.29) is 24.9 Å². The van der Waals surface area contributed by atoms with Gasteiger partial charge in [-0.3, -0.25) is 14.5 Å². The number of thiophene rings is 1. The van der Waals surface area contributed by atoms with Gasteiger partial charge in [-0.05, 0) is 36.7 Å². The number of hydrogen-bond donors (Lipinski definition) is 2. The molecule has 26 heavy (non-hydrogen) atoms. The van der Waals surface area contributed by atoms with Crippen LogP contribution in [0.15, 0.2) is 29.6 Å². The summed E-state index contributed by atoms with van der Waals surface area (Å²) in [7, 11) is 3.14. The Morgan fingerprint density at radius 2 is 1.96 bits per heavy atom. The molecule has 0 atom stereocenters. The second kappa shape index (κ2) is 9.20. The van der Waals surface area contributed by atoms with Gasteiger partial charge < -0.3 is 15.4 Å². The predicted molar refractivity (Wildman–Crippen MR) is 102 cm³/mol. The number of nitrogens with zero attached hydrogens (tertiary/aromatic N) is 2. The number of halogens is 1. The third-order valence-electron chi connectivity index (χ3n) is 3.30. The number of ether oxygens (including phenoxy) is 1. The average Bonchev–Trinajstić information content (AvgIpc) is 3.01. The number of anilines is 2. The summed E-state index contributed by atoms with van der Waals surface area (Å²) >= 11 is 7.20. The van der Waals surface area contributed by atoms with E-state index in [4.69, 9.17) is 21.6 Å². The number of likely N-dealkylation sites (N-methyl/N-ethyl adjacent to an activating group) is 1. The first-order chi connectivity index (χ1) is 12.4. The summed E-state index contributed by atoms with van der Waals surface area (Å²) in [5, 5.41) is 17.0. The summed E-state index contributed by atoms with van der Waals surface area (Å²) in [5.41, 5.74) is 0.872. The molecule has 0 aliphatic rings. The first-order valence-corrected chi connectivity index (χ1v) is 8.78. The highest BCUT2D eigenvalue weighted by molar-refractivity contribution is 7.14. The van der Waals surface area contributed by atoms with Gasteiger partial charge in [0.2, 0.25) is 11.8 Å². The lowest BCUT2D eigenvalue weighted by molar-refractivity contribution is -0.119. The van der Waals surface area contributed by atoms with E-state index in [2.05, 4.69) is 10.6 Å². The van der Waals surface area contributed by atoms with Gasteiger partial charge in [0, 0.05) is 5.02 Å². The van der Waals surface area contributed by atoms with Gasteiger partial charge in [-0.1, -0.05) is 11.6 Å². The van der Waals surface area contributed by atoms with Crippen LogP contribution in [0.2, 0.25) is 5.02 Å². The van der Waals surface area contributed by atoms with Crippen molar-refractivity contribution >= 4 is 45.4 Å². The van der Waals surface area contributed by atoms with Crippen molar-refractivity contribution < 1.29 is 14.3 Å². The fraction of sp³-hybridized carbons (Fsp3) is 0.235. The molecule has 0 spiro atoms. The zero-order valence-electron chi connectivity index (χ0n) is 14.2. The van der Waals surface area contributed by atoms with Crippen LogP contribution >= 0.6 is 22.9 Å². The van der Waals surface area contributed by atoms with Crippen LogP contribution in [-0.2, 0) is 9.59 Å². The van der Waals surface area contributed by atoms with Gasteiger partial charge in [-0.25, -0.2) is 0 Å². The maximum absolute atomic E-state index is 12.2. The third-order valence-corrected chi connectivity index (χ3v) is 4.37. The van der Waals surface area contributed by atoms with Crippen molar-refractivity contribution in [3.8, 4) is 11.8 Å². The largest absolute Gasteiger partial charge is 0.495 e. The van der Waals surface area contributed by atoms with Crippen LogP contribution in [0.25, 0.3) is 0 Å². The van der Waals surface area contributed by atoms with Gasteiger partial charge in [0.05, 0.1) is 31.5 Å². The highest BCUT2D eigenvalue weighted by Crippen LogP contribution is 2.27. The third kappa shape index (κ3) is 5.46. The van der Waals surface area contributed by atoms with E-state index in [0.717, 1.165) is 0 Å². The standard InChI is InChI=1S/C17H17ClN4O3S/c1-22(10-16(24)21-17-11(8-19)5-6-26-17)9-15(23)20-13-7-12(18)3-4-14(13)25-2/h3-7H,9-10H2,1-2H3,(H,20,23)(H,21,24). The summed E-state index contributed by atoms with van der Waals surface area (Å²) in [5.74, 6) is -0.126. The molecule has 0 radical (unpaired) electrons. The molecule has 0 aliphatic heterocycles. The fourth-order valence-electron chi connectivity index (χ4n) is 2.17. The molecule has 1 aromatic carbocycles. The monoisotopic (exact) mass is 392 g/mol. The molecule has 0 bridgehead atoms.